The van der Waals surface area contributed by atoms with Gasteiger partial charge in [-0.15, -0.1) is 11.3 Å². The van der Waals surface area contributed by atoms with E-state index in [1.165, 1.54) is 18.4 Å². The fourth-order valence-electron chi connectivity index (χ4n) is 1.59. The quantitative estimate of drug-likeness (QED) is 0.845. The Morgan fingerprint density at radius 1 is 1.42 bits per heavy atom. The van der Waals surface area contributed by atoms with Crippen molar-refractivity contribution < 1.29 is 9.53 Å². The molecule has 5 nitrogen and oxygen atoms in total. The largest absolute Gasteiger partial charge is 0.496 e. The number of carbonyl (C=O) groups excluding carboxylic acids is 1. The minimum absolute atomic E-state index is 0.280. The average molecular weight is 277 g/mol. The predicted molar refractivity (Wildman–Crippen MR) is 76.9 cm³/mol. The first kappa shape index (κ1) is 13.4. The molecule has 0 atom stereocenters. The molecule has 2 rings (SSSR count). The van der Waals surface area contributed by atoms with Crippen LogP contribution in [0.5, 0.6) is 5.75 Å². The molecule has 1 heterocycles. The van der Waals surface area contributed by atoms with Gasteiger partial charge < -0.3 is 10.5 Å². The number of anilines is 2. The van der Waals surface area contributed by atoms with Crippen molar-refractivity contribution in [2.75, 3.05) is 18.2 Å². The highest BCUT2D eigenvalue weighted by atomic mass is 32.1. The zero-order valence-corrected chi connectivity index (χ0v) is 11.8. The lowest BCUT2D eigenvalue weighted by Crippen LogP contribution is -2.13. The van der Waals surface area contributed by atoms with Gasteiger partial charge in [0, 0.05) is 10.6 Å². The number of amides is 1. The number of hydrogen-bond acceptors (Lipinski definition) is 5. The molecule has 1 aromatic carbocycles. The number of carbonyl (C=O) groups is 1. The van der Waals surface area contributed by atoms with Crippen molar-refractivity contribution >= 4 is 28.1 Å². The van der Waals surface area contributed by atoms with Crippen LogP contribution < -0.4 is 15.8 Å². The smallest absolute Gasteiger partial charge is 0.261 e. The van der Waals surface area contributed by atoms with Crippen LogP contribution in [-0.4, -0.2) is 18.0 Å². The molecule has 0 unspecified atom stereocenters. The monoisotopic (exact) mass is 277 g/mol. The van der Waals surface area contributed by atoms with Crippen molar-refractivity contribution in [2.45, 2.75) is 13.8 Å². The highest BCUT2D eigenvalue weighted by molar-refractivity contribution is 7.15. The van der Waals surface area contributed by atoms with Crippen LogP contribution in [0.3, 0.4) is 0 Å². The van der Waals surface area contributed by atoms with E-state index in [0.29, 0.717) is 22.1 Å². The number of thiazole rings is 1. The van der Waals surface area contributed by atoms with Gasteiger partial charge >= 0.3 is 0 Å². The minimum Gasteiger partial charge on any atom is -0.496 e. The highest BCUT2D eigenvalue weighted by Gasteiger charge is 2.15. The van der Waals surface area contributed by atoms with E-state index in [1.54, 1.807) is 18.2 Å². The number of nitrogens with one attached hydrogen (secondary N) is 1. The van der Waals surface area contributed by atoms with E-state index < -0.39 is 0 Å². The minimum atomic E-state index is -0.280. The Labute approximate surface area is 115 Å². The highest BCUT2D eigenvalue weighted by Crippen LogP contribution is 2.25. The second-order valence-electron chi connectivity index (χ2n) is 4.07. The maximum Gasteiger partial charge on any atom is 0.261 e. The topological polar surface area (TPSA) is 77.2 Å². The number of nitrogen functional groups attached to an aromatic ring is 1. The molecule has 0 fully saturated rings. The summed E-state index contributed by atoms with van der Waals surface area (Å²) in [7, 11) is 1.51. The summed E-state index contributed by atoms with van der Waals surface area (Å²) in [4.78, 5) is 17.5. The molecule has 1 aromatic heterocycles. The second-order valence-corrected chi connectivity index (χ2v) is 5.28. The lowest BCUT2D eigenvalue weighted by molar-refractivity contribution is 0.102. The molecule has 0 radical (unpaired) electrons. The van der Waals surface area contributed by atoms with Crippen molar-refractivity contribution in [2.24, 2.45) is 0 Å². The molecule has 0 spiro atoms. The van der Waals surface area contributed by atoms with Crippen LogP contribution in [0.25, 0.3) is 0 Å². The number of nitrogens with two attached hydrogens (primary N) is 1. The molecule has 0 bridgehead atoms. The zero-order valence-electron chi connectivity index (χ0n) is 11.0. The Morgan fingerprint density at radius 3 is 2.74 bits per heavy atom. The van der Waals surface area contributed by atoms with Gasteiger partial charge in [0.05, 0.1) is 18.4 Å². The number of aryl methyl sites for hydroxylation is 2. The van der Waals surface area contributed by atoms with Crippen molar-refractivity contribution in [3.63, 3.8) is 0 Å². The SMILES string of the molecule is COc1ccc(N)cc1C(=O)Nc1nc(C)c(C)s1. The van der Waals surface area contributed by atoms with Gasteiger partial charge in [0.1, 0.15) is 5.75 Å². The summed E-state index contributed by atoms with van der Waals surface area (Å²) >= 11 is 1.44. The summed E-state index contributed by atoms with van der Waals surface area (Å²) in [6.45, 7) is 3.87. The molecule has 0 saturated heterocycles. The van der Waals surface area contributed by atoms with Crippen molar-refractivity contribution in [1.82, 2.24) is 4.98 Å². The molecule has 100 valence electrons. The normalized spacial score (nSPS) is 10.3. The molecule has 3 N–H and O–H groups in total. The van der Waals surface area contributed by atoms with Gasteiger partial charge in [-0.3, -0.25) is 10.1 Å². The number of nitrogens with zero attached hydrogens (tertiary/aromatic N) is 1. The maximum atomic E-state index is 12.2. The Morgan fingerprint density at radius 2 is 2.16 bits per heavy atom. The second kappa shape index (κ2) is 5.27. The van der Waals surface area contributed by atoms with Crippen molar-refractivity contribution in [3.05, 3.63) is 34.3 Å². The van der Waals surface area contributed by atoms with Gasteiger partial charge in [-0.1, -0.05) is 0 Å². The van der Waals surface area contributed by atoms with E-state index in [1.807, 2.05) is 13.8 Å². The van der Waals surface area contributed by atoms with Gasteiger partial charge in [0.25, 0.3) is 5.91 Å². The summed E-state index contributed by atoms with van der Waals surface area (Å²) in [5.74, 6) is 0.203. The van der Waals surface area contributed by atoms with Crippen LogP contribution >= 0.6 is 11.3 Å². The van der Waals surface area contributed by atoms with Crippen LogP contribution in [0.15, 0.2) is 18.2 Å². The zero-order chi connectivity index (χ0) is 14.0. The first-order valence-corrected chi connectivity index (χ1v) is 6.52. The molecule has 0 aliphatic heterocycles. The van der Waals surface area contributed by atoms with E-state index in [9.17, 15) is 4.79 Å². The number of ether oxygens (including phenoxy) is 1. The van der Waals surface area contributed by atoms with Gasteiger partial charge in [0.2, 0.25) is 0 Å². The molecule has 0 aliphatic carbocycles. The third kappa shape index (κ3) is 2.85. The molecular formula is C13H15N3O2S. The number of aromatic nitrogens is 1. The maximum absolute atomic E-state index is 12.2. The Hall–Kier alpha value is -2.08. The molecule has 0 saturated carbocycles. The molecule has 0 aliphatic rings. The lowest BCUT2D eigenvalue weighted by atomic mass is 10.1. The van der Waals surface area contributed by atoms with Crippen LogP contribution in [0.4, 0.5) is 10.8 Å². The van der Waals surface area contributed by atoms with E-state index in [-0.39, 0.29) is 5.91 Å². The van der Waals surface area contributed by atoms with E-state index in [0.717, 1.165) is 10.6 Å². The Balaban J connectivity index is 2.27. The summed E-state index contributed by atoms with van der Waals surface area (Å²) in [5, 5.41) is 3.33. The third-order valence-corrected chi connectivity index (χ3v) is 3.71. The number of methoxy groups -OCH3 is 1. The van der Waals surface area contributed by atoms with E-state index in [4.69, 9.17) is 10.5 Å². The number of benzene rings is 1. The predicted octanol–water partition coefficient (Wildman–Crippen LogP) is 2.60. The molecule has 6 heteroatoms. The van der Waals surface area contributed by atoms with Gasteiger partial charge in [-0.05, 0) is 32.0 Å². The Bertz CT molecular complexity index is 603. The van der Waals surface area contributed by atoms with E-state index >= 15 is 0 Å². The molecular weight excluding hydrogens is 262 g/mol. The first-order chi connectivity index (χ1) is 9.01. The number of rotatable bonds is 3. The third-order valence-electron chi connectivity index (χ3n) is 2.72. The lowest BCUT2D eigenvalue weighted by Gasteiger charge is -2.08. The Kier molecular flexibility index (Phi) is 3.71. The van der Waals surface area contributed by atoms with Crippen molar-refractivity contribution in [3.8, 4) is 5.75 Å². The average Bonchev–Trinajstić information content (AvgIpc) is 2.68. The fourth-order valence-corrected chi connectivity index (χ4v) is 2.40. The van der Waals surface area contributed by atoms with Gasteiger partial charge in [0.15, 0.2) is 5.13 Å². The summed E-state index contributed by atoms with van der Waals surface area (Å²) in [6, 6.07) is 4.94. The summed E-state index contributed by atoms with van der Waals surface area (Å²) in [6.07, 6.45) is 0. The van der Waals surface area contributed by atoms with Crippen LogP contribution in [0.1, 0.15) is 20.9 Å². The molecule has 2 aromatic rings. The van der Waals surface area contributed by atoms with E-state index in [2.05, 4.69) is 10.3 Å². The van der Waals surface area contributed by atoms with Crippen LogP contribution in [-0.2, 0) is 0 Å². The number of hydrogen-bond donors (Lipinski definition) is 2. The molecule has 1 amide bonds. The standard InChI is InChI=1S/C13H15N3O2S/c1-7-8(2)19-13(15-7)16-12(17)10-6-9(14)4-5-11(10)18-3/h4-6H,14H2,1-3H3,(H,15,16,17). The summed E-state index contributed by atoms with van der Waals surface area (Å²) in [5.41, 5.74) is 7.52. The first-order valence-electron chi connectivity index (χ1n) is 5.70. The van der Waals surface area contributed by atoms with Crippen molar-refractivity contribution in [1.29, 1.82) is 0 Å². The molecule has 19 heavy (non-hydrogen) atoms. The van der Waals surface area contributed by atoms with Gasteiger partial charge in [-0.25, -0.2) is 4.98 Å². The van der Waals surface area contributed by atoms with Crippen LogP contribution in [0, 0.1) is 13.8 Å². The fraction of sp³-hybridized carbons (Fsp3) is 0.231. The van der Waals surface area contributed by atoms with Crippen LogP contribution in [0.2, 0.25) is 0 Å². The summed E-state index contributed by atoms with van der Waals surface area (Å²) < 4.78 is 5.15. The van der Waals surface area contributed by atoms with Gasteiger partial charge in [-0.2, -0.15) is 0 Å².